The van der Waals surface area contributed by atoms with E-state index < -0.39 is 0 Å². The summed E-state index contributed by atoms with van der Waals surface area (Å²) in [6.07, 6.45) is 8.17. The van der Waals surface area contributed by atoms with Gasteiger partial charge < -0.3 is 5.32 Å². The molecule has 0 amide bonds. The van der Waals surface area contributed by atoms with Crippen LogP contribution in [0.5, 0.6) is 0 Å². The van der Waals surface area contributed by atoms with Crippen molar-refractivity contribution in [3.63, 3.8) is 0 Å². The molecule has 1 fully saturated rings. The van der Waals surface area contributed by atoms with Crippen molar-refractivity contribution < 1.29 is 0 Å². The Balaban J connectivity index is 2.02. The van der Waals surface area contributed by atoms with Gasteiger partial charge >= 0.3 is 0 Å². The van der Waals surface area contributed by atoms with Crippen LogP contribution in [0.2, 0.25) is 0 Å². The Morgan fingerprint density at radius 1 is 1.39 bits per heavy atom. The molecule has 0 saturated heterocycles. The number of aryl methyl sites for hydroxylation is 1. The van der Waals surface area contributed by atoms with Crippen LogP contribution in [0, 0.1) is 0 Å². The summed E-state index contributed by atoms with van der Waals surface area (Å²) in [6, 6.07) is 0.701. The molecule has 0 aliphatic heterocycles. The molecular formula is C14H24BrN3. The predicted molar refractivity (Wildman–Crippen MR) is 78.9 cm³/mol. The Morgan fingerprint density at radius 2 is 2.22 bits per heavy atom. The van der Waals surface area contributed by atoms with Crippen molar-refractivity contribution >= 4 is 15.9 Å². The minimum absolute atomic E-state index is 0.669. The van der Waals surface area contributed by atoms with Crippen molar-refractivity contribution in [2.45, 2.75) is 64.5 Å². The number of rotatable bonds is 6. The molecule has 1 aliphatic rings. The molecule has 0 radical (unpaired) electrons. The lowest BCUT2D eigenvalue weighted by atomic mass is 10.0. The summed E-state index contributed by atoms with van der Waals surface area (Å²) in [5.41, 5.74) is 1.41. The minimum atomic E-state index is 0.669. The molecule has 1 aliphatic carbocycles. The number of nitrogens with zero attached hydrogens (tertiary/aromatic N) is 2. The Labute approximate surface area is 118 Å². The minimum Gasteiger partial charge on any atom is -0.314 e. The van der Waals surface area contributed by atoms with Gasteiger partial charge in [-0.25, -0.2) is 0 Å². The smallest absolute Gasteiger partial charge is 0.0635 e. The Hall–Kier alpha value is -0.350. The molecule has 1 heterocycles. The fraction of sp³-hybridized carbons (Fsp3) is 0.786. The number of aromatic nitrogens is 2. The third-order valence-corrected chi connectivity index (χ3v) is 4.38. The molecule has 3 nitrogen and oxygen atoms in total. The molecule has 1 N–H and O–H groups in total. The van der Waals surface area contributed by atoms with Crippen molar-refractivity contribution in [3.05, 3.63) is 16.4 Å². The highest BCUT2D eigenvalue weighted by Gasteiger charge is 2.29. The van der Waals surface area contributed by atoms with Gasteiger partial charge in [0.25, 0.3) is 0 Å². The Bertz CT molecular complexity index is 375. The van der Waals surface area contributed by atoms with Gasteiger partial charge in [-0.15, -0.1) is 0 Å². The van der Waals surface area contributed by atoms with E-state index in [1.807, 2.05) is 6.20 Å². The molecule has 2 unspecified atom stereocenters. The highest BCUT2D eigenvalue weighted by atomic mass is 79.9. The standard InChI is InChI=1S/C14H24BrN3/c1-3-7-16-12-6-5-11(9-12)14-13(15)10-17-18(14)8-4-2/h10-12,16H,3-9H2,1-2H3. The second-order valence-electron chi connectivity index (χ2n) is 5.26. The average molecular weight is 314 g/mol. The number of halogens is 1. The first-order valence-electron chi connectivity index (χ1n) is 7.20. The molecule has 2 atom stereocenters. The lowest BCUT2D eigenvalue weighted by Gasteiger charge is -2.15. The van der Waals surface area contributed by atoms with E-state index in [0.29, 0.717) is 12.0 Å². The third-order valence-electron chi connectivity index (χ3n) is 3.77. The number of nitrogens with one attached hydrogen (secondary N) is 1. The zero-order valence-corrected chi connectivity index (χ0v) is 13.0. The summed E-state index contributed by atoms with van der Waals surface area (Å²) in [5.74, 6) is 0.669. The van der Waals surface area contributed by atoms with Crippen LogP contribution in [0.25, 0.3) is 0 Å². The van der Waals surface area contributed by atoms with Crippen LogP contribution in [0.15, 0.2) is 10.7 Å². The van der Waals surface area contributed by atoms with Gasteiger partial charge in [-0.1, -0.05) is 13.8 Å². The van der Waals surface area contributed by atoms with Crippen LogP contribution in [0.1, 0.15) is 57.6 Å². The third kappa shape index (κ3) is 3.15. The Kier molecular flexibility index (Phi) is 5.25. The van der Waals surface area contributed by atoms with Crippen LogP contribution in [-0.4, -0.2) is 22.4 Å². The first-order valence-corrected chi connectivity index (χ1v) is 8.00. The summed E-state index contributed by atoms with van der Waals surface area (Å²) >= 11 is 3.67. The second kappa shape index (κ2) is 6.71. The number of hydrogen-bond donors (Lipinski definition) is 1. The summed E-state index contributed by atoms with van der Waals surface area (Å²) in [7, 11) is 0. The molecular weight excluding hydrogens is 290 g/mol. The first kappa shape index (κ1) is 14.1. The van der Waals surface area contributed by atoms with Crippen LogP contribution < -0.4 is 5.32 Å². The van der Waals surface area contributed by atoms with Gasteiger partial charge in [-0.05, 0) is 54.6 Å². The maximum Gasteiger partial charge on any atom is 0.0635 e. The van der Waals surface area contributed by atoms with Crippen LogP contribution in [0.4, 0.5) is 0 Å². The van der Waals surface area contributed by atoms with E-state index >= 15 is 0 Å². The quantitative estimate of drug-likeness (QED) is 0.868. The van der Waals surface area contributed by atoms with Crippen LogP contribution in [-0.2, 0) is 6.54 Å². The molecule has 4 heteroatoms. The Morgan fingerprint density at radius 3 is 2.94 bits per heavy atom. The van der Waals surface area contributed by atoms with Gasteiger partial charge in [0, 0.05) is 18.5 Å². The van der Waals surface area contributed by atoms with E-state index in [1.165, 1.54) is 35.8 Å². The summed E-state index contributed by atoms with van der Waals surface area (Å²) in [4.78, 5) is 0. The molecule has 18 heavy (non-hydrogen) atoms. The van der Waals surface area contributed by atoms with Gasteiger partial charge in [0.2, 0.25) is 0 Å². The van der Waals surface area contributed by atoms with Crippen molar-refractivity contribution in [2.24, 2.45) is 0 Å². The summed E-state index contributed by atoms with van der Waals surface area (Å²) in [5, 5.41) is 8.14. The molecule has 1 aromatic rings. The van der Waals surface area contributed by atoms with Crippen LogP contribution >= 0.6 is 15.9 Å². The maximum atomic E-state index is 4.49. The van der Waals surface area contributed by atoms with Gasteiger partial charge in [-0.2, -0.15) is 5.10 Å². The summed E-state index contributed by atoms with van der Waals surface area (Å²) in [6.45, 7) is 6.61. The maximum absolute atomic E-state index is 4.49. The van der Waals surface area contributed by atoms with Gasteiger partial charge in [0.05, 0.1) is 16.4 Å². The number of hydrogen-bond acceptors (Lipinski definition) is 2. The SMILES string of the molecule is CCCNC1CCC(c2c(Br)cnn2CCC)C1. The highest BCUT2D eigenvalue weighted by Crippen LogP contribution is 2.37. The predicted octanol–water partition coefficient (Wildman–Crippen LogP) is 3.69. The van der Waals surface area contributed by atoms with Crippen molar-refractivity contribution in [1.82, 2.24) is 15.1 Å². The van der Waals surface area contributed by atoms with E-state index in [-0.39, 0.29) is 0 Å². The van der Waals surface area contributed by atoms with Gasteiger partial charge in [0.1, 0.15) is 0 Å². The van der Waals surface area contributed by atoms with Gasteiger partial charge in [0.15, 0.2) is 0 Å². The monoisotopic (exact) mass is 313 g/mol. The normalized spacial score (nSPS) is 23.7. The van der Waals surface area contributed by atoms with E-state index in [0.717, 1.165) is 19.5 Å². The first-order chi connectivity index (χ1) is 8.76. The lowest BCUT2D eigenvalue weighted by Crippen LogP contribution is -2.27. The molecule has 0 aromatic carbocycles. The molecule has 2 rings (SSSR count). The average Bonchev–Trinajstić information content (AvgIpc) is 2.94. The summed E-state index contributed by atoms with van der Waals surface area (Å²) < 4.78 is 3.38. The van der Waals surface area contributed by atoms with E-state index in [9.17, 15) is 0 Å². The zero-order chi connectivity index (χ0) is 13.0. The van der Waals surface area contributed by atoms with Crippen molar-refractivity contribution in [3.8, 4) is 0 Å². The zero-order valence-electron chi connectivity index (χ0n) is 11.5. The van der Waals surface area contributed by atoms with Crippen LogP contribution in [0.3, 0.4) is 0 Å². The second-order valence-corrected chi connectivity index (χ2v) is 6.12. The molecule has 0 bridgehead atoms. The molecule has 102 valence electrons. The van der Waals surface area contributed by atoms with Crippen molar-refractivity contribution in [1.29, 1.82) is 0 Å². The molecule has 1 aromatic heterocycles. The van der Waals surface area contributed by atoms with E-state index in [2.05, 4.69) is 44.9 Å². The highest BCUT2D eigenvalue weighted by molar-refractivity contribution is 9.10. The fourth-order valence-electron chi connectivity index (χ4n) is 2.93. The largest absolute Gasteiger partial charge is 0.314 e. The van der Waals surface area contributed by atoms with E-state index in [4.69, 9.17) is 0 Å². The van der Waals surface area contributed by atoms with E-state index in [1.54, 1.807) is 0 Å². The lowest BCUT2D eigenvalue weighted by molar-refractivity contribution is 0.500. The fourth-order valence-corrected chi connectivity index (χ4v) is 3.55. The molecule has 1 saturated carbocycles. The van der Waals surface area contributed by atoms with Crippen molar-refractivity contribution in [2.75, 3.05) is 6.54 Å². The molecule has 0 spiro atoms. The topological polar surface area (TPSA) is 29.9 Å². The van der Waals surface area contributed by atoms with Gasteiger partial charge in [-0.3, -0.25) is 4.68 Å².